The Labute approximate surface area is 339 Å². The van der Waals surface area contributed by atoms with Gasteiger partial charge in [0.1, 0.15) is 37.9 Å². The maximum Gasteiger partial charge on any atom is 0.311 e. The van der Waals surface area contributed by atoms with Crippen LogP contribution in [0, 0.1) is 5.92 Å². The lowest BCUT2D eigenvalue weighted by molar-refractivity contribution is -0.916. The van der Waals surface area contributed by atoms with Crippen LogP contribution in [0.2, 0.25) is 0 Å². The number of furan rings is 1. The number of rotatable bonds is 12. The number of esters is 1. The fourth-order valence-corrected chi connectivity index (χ4v) is 9.94. The number of quaternary nitrogens is 3. The lowest BCUT2D eigenvalue weighted by Crippen LogP contribution is -2.52. The quantitative estimate of drug-likeness (QED) is 0.167. The monoisotopic (exact) mass is 795 g/mol. The van der Waals surface area contributed by atoms with E-state index in [9.17, 15) is 4.79 Å². The van der Waals surface area contributed by atoms with Crippen LogP contribution < -0.4 is 0 Å². The number of hydrogen-bond acceptors (Lipinski definition) is 9. The number of likely N-dealkylation sites (N-methyl/N-ethyl adjacent to an activating group) is 3. The SMILES string of the molecule is CC(C)CC1(C)OCC(C[N+]2(C)CCCCC2)O1.CCOC(=O)CC1(C)OCC(C[N+]2(C)CCCCC2)O1.C[N+]1(CC2COC(c3ccco3)O2)CCCCC1. The summed E-state index contributed by atoms with van der Waals surface area (Å²) in [6, 6.07) is 3.78. The minimum atomic E-state index is -0.814. The summed E-state index contributed by atoms with van der Waals surface area (Å²) in [5, 5.41) is 0. The van der Waals surface area contributed by atoms with Crippen molar-refractivity contribution in [2.75, 3.05) is 106 Å². The molecule has 6 aliphatic heterocycles. The Hall–Kier alpha value is -1.61. The molecule has 1 aromatic rings. The number of piperidine rings is 3. The molecule has 0 spiro atoms. The second kappa shape index (κ2) is 20.6. The van der Waals surface area contributed by atoms with Crippen molar-refractivity contribution in [2.45, 2.75) is 141 Å². The molecule has 0 amide bonds. The molecule has 6 unspecified atom stereocenters. The Balaban J connectivity index is 0.000000161. The maximum atomic E-state index is 11.6. The molecular formula is C44H80N3O9+3. The molecule has 56 heavy (non-hydrogen) atoms. The second-order valence-electron chi connectivity index (χ2n) is 19.3. The van der Waals surface area contributed by atoms with Crippen molar-refractivity contribution >= 4 is 5.97 Å². The van der Waals surface area contributed by atoms with Gasteiger partial charge < -0.3 is 51.0 Å². The van der Waals surface area contributed by atoms with Crippen molar-refractivity contribution in [2.24, 2.45) is 5.92 Å². The van der Waals surface area contributed by atoms with E-state index in [0.29, 0.717) is 25.7 Å². The van der Waals surface area contributed by atoms with E-state index in [1.165, 1.54) is 102 Å². The van der Waals surface area contributed by atoms with Crippen LogP contribution in [0.25, 0.3) is 0 Å². The van der Waals surface area contributed by atoms with Crippen molar-refractivity contribution in [3.05, 3.63) is 24.2 Å². The Morgan fingerprint density at radius 1 is 0.732 bits per heavy atom. The number of carbonyl (C=O) groups excluding carboxylic acids is 1. The highest BCUT2D eigenvalue weighted by molar-refractivity contribution is 5.70. The molecule has 0 saturated carbocycles. The standard InChI is InChI=1S/C15H28NO4.C15H30NO2.C14H22NO3/c1-4-18-14(17)10-15(2)19-12-13(20-15)11-16(3)8-6-5-7-9-16;1-13(2)10-15(3)17-12-14(18-15)11-16(4)8-6-5-7-9-16;1-15(7-3-2-4-8-15)10-12-11-17-14(18-12)13-6-5-9-16-13/h13H,4-12H2,1-3H3;13-14H,5-12H2,1-4H3;5-6,9,12,14H,2-4,7-8,10-11H2,1H3/q3*+1. The molecule has 0 radical (unpaired) electrons. The summed E-state index contributed by atoms with van der Waals surface area (Å²) >= 11 is 0. The topological polar surface area (TPSA) is 94.8 Å². The molecule has 6 aliphatic rings. The zero-order valence-electron chi connectivity index (χ0n) is 36.6. The van der Waals surface area contributed by atoms with Gasteiger partial charge in [0.15, 0.2) is 17.3 Å². The van der Waals surface area contributed by atoms with E-state index in [-0.39, 0.29) is 42.8 Å². The van der Waals surface area contributed by atoms with Crippen LogP contribution in [0.15, 0.2) is 22.8 Å². The van der Waals surface area contributed by atoms with Crippen LogP contribution in [0.4, 0.5) is 0 Å². The van der Waals surface area contributed by atoms with Gasteiger partial charge in [-0.25, -0.2) is 0 Å². The van der Waals surface area contributed by atoms with Gasteiger partial charge >= 0.3 is 5.97 Å². The van der Waals surface area contributed by atoms with Gasteiger partial charge in [0.2, 0.25) is 6.29 Å². The summed E-state index contributed by atoms with van der Waals surface area (Å²) < 4.78 is 49.1. The first kappa shape index (κ1) is 45.5. The molecule has 6 saturated heterocycles. The van der Waals surface area contributed by atoms with Gasteiger partial charge in [0, 0.05) is 6.42 Å². The Morgan fingerprint density at radius 3 is 1.68 bits per heavy atom. The molecule has 6 atom stereocenters. The molecule has 1 aromatic heterocycles. The van der Waals surface area contributed by atoms with E-state index in [0.717, 1.165) is 47.4 Å². The molecule has 0 N–H and O–H groups in total. The zero-order chi connectivity index (χ0) is 40.3. The first-order chi connectivity index (χ1) is 26.6. The van der Waals surface area contributed by atoms with Crippen molar-refractivity contribution < 1.29 is 55.8 Å². The van der Waals surface area contributed by atoms with Crippen LogP contribution in [0.1, 0.15) is 117 Å². The van der Waals surface area contributed by atoms with Crippen LogP contribution >= 0.6 is 0 Å². The summed E-state index contributed by atoms with van der Waals surface area (Å²) in [7, 11) is 7.01. The molecule has 322 valence electrons. The number of likely N-dealkylation sites (tertiary alicyclic amines) is 3. The fourth-order valence-electron chi connectivity index (χ4n) is 9.94. The third-order valence-electron chi connectivity index (χ3n) is 12.7. The second-order valence-corrected chi connectivity index (χ2v) is 19.3. The normalized spacial score (nSPS) is 33.6. The smallest absolute Gasteiger partial charge is 0.311 e. The predicted molar refractivity (Wildman–Crippen MR) is 215 cm³/mol. The highest BCUT2D eigenvalue weighted by Gasteiger charge is 2.44. The molecule has 12 heteroatoms. The van der Waals surface area contributed by atoms with Gasteiger partial charge in [-0.2, -0.15) is 0 Å². The van der Waals surface area contributed by atoms with Gasteiger partial charge in [-0.3, -0.25) is 4.79 Å². The number of hydrogen-bond donors (Lipinski definition) is 0. The average molecular weight is 795 g/mol. The Bertz CT molecular complexity index is 1290. The minimum Gasteiger partial charge on any atom is -0.466 e. The van der Waals surface area contributed by atoms with E-state index < -0.39 is 5.79 Å². The van der Waals surface area contributed by atoms with Crippen molar-refractivity contribution in [3.63, 3.8) is 0 Å². The van der Waals surface area contributed by atoms with Gasteiger partial charge in [-0.05, 0) is 96.6 Å². The summed E-state index contributed by atoms with van der Waals surface area (Å²) in [6.45, 7) is 23.3. The molecule has 7 rings (SSSR count). The van der Waals surface area contributed by atoms with Crippen molar-refractivity contribution in [1.29, 1.82) is 0 Å². The van der Waals surface area contributed by atoms with Gasteiger partial charge in [0.05, 0.1) is 99.5 Å². The predicted octanol–water partition coefficient (Wildman–Crippen LogP) is 6.82. The lowest BCUT2D eigenvalue weighted by atomic mass is 10.0. The van der Waals surface area contributed by atoms with Crippen LogP contribution in [0.3, 0.4) is 0 Å². The molecule has 0 aromatic carbocycles. The van der Waals surface area contributed by atoms with Crippen LogP contribution in [-0.2, 0) is 38.0 Å². The highest BCUT2D eigenvalue weighted by atomic mass is 16.8. The summed E-state index contributed by atoms with van der Waals surface area (Å²) in [5.74, 6) is -0.0130. The molecule has 7 heterocycles. The maximum absolute atomic E-state index is 11.6. The average Bonchev–Trinajstić information content (AvgIpc) is 3.95. The number of ether oxygens (including phenoxy) is 7. The van der Waals surface area contributed by atoms with E-state index in [1.807, 2.05) is 19.1 Å². The van der Waals surface area contributed by atoms with Gasteiger partial charge in [0.25, 0.3) is 0 Å². The summed E-state index contributed by atoms with van der Waals surface area (Å²) in [5.41, 5.74) is 0. The molecule has 0 bridgehead atoms. The molecule has 0 aliphatic carbocycles. The molecule has 12 nitrogen and oxygen atoms in total. The highest BCUT2D eigenvalue weighted by Crippen LogP contribution is 2.33. The van der Waals surface area contributed by atoms with E-state index in [2.05, 4.69) is 41.9 Å². The third-order valence-corrected chi connectivity index (χ3v) is 12.7. The van der Waals surface area contributed by atoms with Crippen molar-refractivity contribution in [3.8, 4) is 0 Å². The zero-order valence-corrected chi connectivity index (χ0v) is 36.6. The Kier molecular flexibility index (Phi) is 16.7. The Morgan fingerprint density at radius 2 is 1.21 bits per heavy atom. The minimum absolute atomic E-state index is 0.0810. The largest absolute Gasteiger partial charge is 0.466 e. The van der Waals surface area contributed by atoms with E-state index in [4.69, 9.17) is 37.6 Å². The van der Waals surface area contributed by atoms with Gasteiger partial charge in [-0.15, -0.1) is 0 Å². The fraction of sp³-hybridized carbons (Fsp3) is 0.886. The number of nitrogens with zero attached hydrogens (tertiary/aromatic N) is 3. The first-order valence-corrected chi connectivity index (χ1v) is 22.2. The first-order valence-electron chi connectivity index (χ1n) is 22.2. The number of carbonyl (C=O) groups is 1. The van der Waals surface area contributed by atoms with E-state index in [1.54, 1.807) is 13.2 Å². The van der Waals surface area contributed by atoms with Crippen molar-refractivity contribution in [1.82, 2.24) is 0 Å². The molecule has 6 fully saturated rings. The third kappa shape index (κ3) is 14.3. The lowest BCUT2D eigenvalue weighted by Gasteiger charge is -2.39. The van der Waals surface area contributed by atoms with Crippen LogP contribution in [0.5, 0.6) is 0 Å². The summed E-state index contributed by atoms with van der Waals surface area (Å²) in [4.78, 5) is 11.6. The van der Waals surface area contributed by atoms with Gasteiger partial charge in [-0.1, -0.05) is 13.8 Å². The van der Waals surface area contributed by atoms with E-state index >= 15 is 0 Å². The molecular weight excluding hydrogens is 714 g/mol. The summed E-state index contributed by atoms with van der Waals surface area (Å²) in [6.07, 6.45) is 15.2. The van der Waals surface area contributed by atoms with Crippen LogP contribution in [-0.4, -0.2) is 156 Å².